The molecule has 0 atom stereocenters. The normalized spacial score (nSPS) is 18.7. The van der Waals surface area contributed by atoms with E-state index in [1.165, 1.54) is 12.8 Å². The SMILES string of the molecule is O=C(O)C(F)(F)CSCC1CCCC1. The van der Waals surface area contributed by atoms with E-state index in [1.54, 1.807) is 0 Å². The van der Waals surface area contributed by atoms with E-state index in [0.717, 1.165) is 24.6 Å². The Morgan fingerprint density at radius 1 is 1.43 bits per heavy atom. The van der Waals surface area contributed by atoms with Gasteiger partial charge in [-0.25, -0.2) is 4.79 Å². The van der Waals surface area contributed by atoms with Gasteiger partial charge in [0.05, 0.1) is 5.75 Å². The molecule has 0 aromatic heterocycles. The molecule has 0 aromatic rings. The van der Waals surface area contributed by atoms with Crippen molar-refractivity contribution in [2.24, 2.45) is 5.92 Å². The minimum atomic E-state index is -3.57. The van der Waals surface area contributed by atoms with Gasteiger partial charge in [-0.1, -0.05) is 12.8 Å². The lowest BCUT2D eigenvalue weighted by atomic mass is 10.1. The fourth-order valence-corrected chi connectivity index (χ4v) is 2.76. The van der Waals surface area contributed by atoms with Gasteiger partial charge in [-0.2, -0.15) is 20.5 Å². The van der Waals surface area contributed by atoms with E-state index in [1.807, 2.05) is 0 Å². The monoisotopic (exact) mass is 224 g/mol. The maximum Gasteiger partial charge on any atom is 0.375 e. The second-order valence-corrected chi connectivity index (χ2v) is 4.71. The largest absolute Gasteiger partial charge is 0.477 e. The third-order valence-electron chi connectivity index (χ3n) is 2.42. The molecule has 1 aliphatic rings. The van der Waals surface area contributed by atoms with Crippen molar-refractivity contribution in [1.82, 2.24) is 0 Å². The molecule has 0 aliphatic heterocycles. The highest BCUT2D eigenvalue weighted by molar-refractivity contribution is 7.99. The molecule has 0 aromatic carbocycles. The molecule has 14 heavy (non-hydrogen) atoms. The number of carboxylic acid groups (broad SMARTS) is 1. The van der Waals surface area contributed by atoms with Gasteiger partial charge >= 0.3 is 11.9 Å². The molecule has 0 unspecified atom stereocenters. The first-order chi connectivity index (χ1) is 6.52. The van der Waals surface area contributed by atoms with Crippen LogP contribution in [0.5, 0.6) is 0 Å². The summed E-state index contributed by atoms with van der Waals surface area (Å²) >= 11 is 1.05. The first kappa shape index (κ1) is 11.8. The van der Waals surface area contributed by atoms with Crippen molar-refractivity contribution in [2.45, 2.75) is 31.6 Å². The van der Waals surface area contributed by atoms with Crippen LogP contribution in [0.3, 0.4) is 0 Å². The summed E-state index contributed by atoms with van der Waals surface area (Å²) < 4.78 is 25.2. The fraction of sp³-hybridized carbons (Fsp3) is 0.889. The molecule has 1 N–H and O–H groups in total. The topological polar surface area (TPSA) is 37.3 Å². The third-order valence-corrected chi connectivity index (χ3v) is 3.70. The maximum atomic E-state index is 12.6. The Morgan fingerprint density at radius 3 is 2.50 bits per heavy atom. The van der Waals surface area contributed by atoms with Crippen LogP contribution >= 0.6 is 11.8 Å². The summed E-state index contributed by atoms with van der Waals surface area (Å²) in [6, 6.07) is 0. The molecule has 0 saturated heterocycles. The van der Waals surface area contributed by atoms with E-state index < -0.39 is 17.6 Å². The van der Waals surface area contributed by atoms with Crippen LogP contribution in [-0.2, 0) is 4.79 Å². The summed E-state index contributed by atoms with van der Waals surface area (Å²) in [6.45, 7) is 0. The number of rotatable bonds is 5. The van der Waals surface area contributed by atoms with Gasteiger partial charge in [0, 0.05) is 0 Å². The molecule has 82 valence electrons. The number of hydrogen-bond donors (Lipinski definition) is 1. The molecule has 1 aliphatic carbocycles. The number of hydrogen-bond acceptors (Lipinski definition) is 2. The van der Waals surface area contributed by atoms with Gasteiger partial charge < -0.3 is 5.11 Å². The van der Waals surface area contributed by atoms with Gasteiger partial charge in [0.15, 0.2) is 0 Å². The standard InChI is InChI=1S/C9H14F2O2S/c10-9(11,8(12)13)6-14-5-7-3-1-2-4-7/h7H,1-6H2,(H,12,13). The minimum absolute atomic E-state index is 0.518. The fourth-order valence-electron chi connectivity index (χ4n) is 1.59. The molecule has 0 spiro atoms. The zero-order valence-corrected chi connectivity index (χ0v) is 8.66. The van der Waals surface area contributed by atoms with Crippen LogP contribution in [0.1, 0.15) is 25.7 Å². The lowest BCUT2D eigenvalue weighted by molar-refractivity contribution is -0.161. The van der Waals surface area contributed by atoms with E-state index in [-0.39, 0.29) is 0 Å². The van der Waals surface area contributed by atoms with E-state index in [9.17, 15) is 13.6 Å². The maximum absolute atomic E-state index is 12.6. The number of thioether (sulfide) groups is 1. The number of carbonyl (C=O) groups is 1. The van der Waals surface area contributed by atoms with E-state index in [0.29, 0.717) is 11.7 Å². The molecular formula is C9H14F2O2S. The van der Waals surface area contributed by atoms with Crippen molar-refractivity contribution < 1.29 is 18.7 Å². The highest BCUT2D eigenvalue weighted by Crippen LogP contribution is 2.30. The quantitative estimate of drug-likeness (QED) is 0.780. The average molecular weight is 224 g/mol. The molecule has 0 amide bonds. The Kier molecular flexibility index (Phi) is 4.16. The molecule has 1 rings (SSSR count). The molecule has 2 nitrogen and oxygen atoms in total. The highest BCUT2D eigenvalue weighted by atomic mass is 32.2. The van der Waals surface area contributed by atoms with Gasteiger partial charge in [0.1, 0.15) is 0 Å². The Balaban J connectivity index is 2.16. The van der Waals surface area contributed by atoms with Crippen LogP contribution in [0.4, 0.5) is 8.78 Å². The summed E-state index contributed by atoms with van der Waals surface area (Å²) in [5.41, 5.74) is 0. The van der Waals surface area contributed by atoms with Crippen LogP contribution in [0.25, 0.3) is 0 Å². The molecule has 1 saturated carbocycles. The summed E-state index contributed by atoms with van der Waals surface area (Å²) in [5.74, 6) is -4.99. The lowest BCUT2D eigenvalue weighted by Gasteiger charge is -2.12. The van der Waals surface area contributed by atoms with Crippen molar-refractivity contribution in [3.63, 3.8) is 0 Å². The zero-order chi connectivity index (χ0) is 10.6. The molecular weight excluding hydrogens is 210 g/mol. The van der Waals surface area contributed by atoms with Gasteiger partial charge in [0.25, 0.3) is 0 Å². The number of carboxylic acids is 1. The predicted octanol–water partition coefficient (Wildman–Crippen LogP) is 2.63. The Labute approximate surface area is 86.1 Å². The van der Waals surface area contributed by atoms with Crippen LogP contribution in [0.2, 0.25) is 0 Å². The second-order valence-electron chi connectivity index (χ2n) is 3.68. The smallest absolute Gasteiger partial charge is 0.375 e. The summed E-state index contributed by atoms with van der Waals surface area (Å²) in [4.78, 5) is 10.1. The zero-order valence-electron chi connectivity index (χ0n) is 7.84. The number of alkyl halides is 2. The van der Waals surface area contributed by atoms with E-state index >= 15 is 0 Å². The van der Waals surface area contributed by atoms with Crippen molar-refractivity contribution in [1.29, 1.82) is 0 Å². The molecule has 0 radical (unpaired) electrons. The van der Waals surface area contributed by atoms with Gasteiger partial charge in [0.2, 0.25) is 0 Å². The van der Waals surface area contributed by atoms with Crippen molar-refractivity contribution >= 4 is 17.7 Å². The van der Waals surface area contributed by atoms with Crippen LogP contribution in [0.15, 0.2) is 0 Å². The van der Waals surface area contributed by atoms with Gasteiger partial charge in [-0.05, 0) is 24.5 Å². The summed E-state index contributed by atoms with van der Waals surface area (Å²) in [5, 5.41) is 8.17. The molecule has 5 heteroatoms. The number of halogens is 2. The molecule has 0 bridgehead atoms. The van der Waals surface area contributed by atoms with Crippen LogP contribution < -0.4 is 0 Å². The summed E-state index contributed by atoms with van der Waals surface area (Å²) in [6.07, 6.45) is 4.57. The first-order valence-corrected chi connectivity index (χ1v) is 5.87. The lowest BCUT2D eigenvalue weighted by Crippen LogP contribution is -2.31. The minimum Gasteiger partial charge on any atom is -0.477 e. The Bertz CT molecular complexity index is 203. The van der Waals surface area contributed by atoms with Gasteiger partial charge in [-0.3, -0.25) is 0 Å². The summed E-state index contributed by atoms with van der Waals surface area (Å²) in [7, 11) is 0. The van der Waals surface area contributed by atoms with Crippen LogP contribution in [0, 0.1) is 5.92 Å². The van der Waals surface area contributed by atoms with E-state index in [2.05, 4.69) is 0 Å². The Hall–Kier alpha value is -0.320. The Morgan fingerprint density at radius 2 is 2.00 bits per heavy atom. The highest BCUT2D eigenvalue weighted by Gasteiger charge is 2.38. The average Bonchev–Trinajstić information content (AvgIpc) is 2.56. The molecule has 0 heterocycles. The molecule has 1 fully saturated rings. The van der Waals surface area contributed by atoms with Crippen molar-refractivity contribution in [3.05, 3.63) is 0 Å². The van der Waals surface area contributed by atoms with Gasteiger partial charge in [-0.15, -0.1) is 0 Å². The third kappa shape index (κ3) is 3.44. The van der Waals surface area contributed by atoms with Crippen LogP contribution in [-0.4, -0.2) is 28.5 Å². The first-order valence-electron chi connectivity index (χ1n) is 4.71. The second kappa shape index (κ2) is 4.96. The van der Waals surface area contributed by atoms with E-state index in [4.69, 9.17) is 5.11 Å². The number of aliphatic carboxylic acids is 1. The predicted molar refractivity (Wildman–Crippen MR) is 51.9 cm³/mol. The van der Waals surface area contributed by atoms with Crippen molar-refractivity contribution in [2.75, 3.05) is 11.5 Å². The van der Waals surface area contributed by atoms with Crippen molar-refractivity contribution in [3.8, 4) is 0 Å².